The fourth-order valence-electron chi connectivity index (χ4n) is 1.62. The Labute approximate surface area is 139 Å². The van der Waals surface area contributed by atoms with E-state index in [4.69, 9.17) is 4.74 Å². The monoisotopic (exact) mass is 410 g/mol. The first-order chi connectivity index (χ1) is 10.1. The van der Waals surface area contributed by atoms with Crippen molar-refractivity contribution in [3.8, 4) is 5.75 Å². The minimum Gasteiger partial charge on any atom is -0.496 e. The maximum Gasteiger partial charge on any atom is 0.249 e. The van der Waals surface area contributed by atoms with Crippen LogP contribution in [0.5, 0.6) is 5.75 Å². The van der Waals surface area contributed by atoms with E-state index in [-0.39, 0.29) is 5.91 Å². The number of pyridine rings is 1. The maximum absolute atomic E-state index is 11.9. The molecule has 1 heterocycles. The van der Waals surface area contributed by atoms with E-state index >= 15 is 0 Å². The molecule has 0 bridgehead atoms. The summed E-state index contributed by atoms with van der Waals surface area (Å²) in [5.74, 6) is 0.935. The summed E-state index contributed by atoms with van der Waals surface area (Å²) < 4.78 is 7.01. The van der Waals surface area contributed by atoms with E-state index < -0.39 is 0 Å². The maximum atomic E-state index is 11.9. The molecule has 0 saturated heterocycles. The van der Waals surface area contributed by atoms with Gasteiger partial charge in [-0.1, -0.05) is 15.9 Å². The SMILES string of the molecule is COc1ccc(Br)cc1/C=C/C(=O)Nc1ccc(Br)cn1. The summed E-state index contributed by atoms with van der Waals surface area (Å²) in [6, 6.07) is 9.11. The molecule has 1 amide bonds. The predicted molar refractivity (Wildman–Crippen MR) is 90.3 cm³/mol. The molecule has 6 heteroatoms. The fourth-order valence-corrected chi connectivity index (χ4v) is 2.23. The number of anilines is 1. The number of nitrogens with one attached hydrogen (secondary N) is 1. The van der Waals surface area contributed by atoms with Crippen LogP contribution in [0.15, 0.2) is 51.6 Å². The molecule has 0 spiro atoms. The predicted octanol–water partition coefficient (Wildman–Crippen LogP) is 4.27. The number of halogens is 2. The summed E-state index contributed by atoms with van der Waals surface area (Å²) in [4.78, 5) is 15.9. The lowest BCUT2D eigenvalue weighted by molar-refractivity contribution is -0.111. The van der Waals surface area contributed by atoms with E-state index in [1.54, 1.807) is 25.4 Å². The van der Waals surface area contributed by atoms with E-state index in [1.807, 2.05) is 24.3 Å². The Morgan fingerprint density at radius 2 is 2.00 bits per heavy atom. The normalized spacial score (nSPS) is 10.6. The number of aromatic nitrogens is 1. The molecule has 1 N–H and O–H groups in total. The van der Waals surface area contributed by atoms with E-state index in [9.17, 15) is 4.79 Å². The van der Waals surface area contributed by atoms with Gasteiger partial charge < -0.3 is 10.1 Å². The smallest absolute Gasteiger partial charge is 0.249 e. The Kier molecular flexibility index (Phi) is 5.52. The van der Waals surface area contributed by atoms with Crippen molar-refractivity contribution in [1.82, 2.24) is 4.98 Å². The van der Waals surface area contributed by atoms with Crippen molar-refractivity contribution in [3.63, 3.8) is 0 Å². The van der Waals surface area contributed by atoms with Crippen molar-refractivity contribution in [1.29, 1.82) is 0 Å². The number of ether oxygens (including phenoxy) is 1. The molecule has 0 aliphatic carbocycles. The van der Waals surface area contributed by atoms with Crippen molar-refractivity contribution in [2.75, 3.05) is 12.4 Å². The van der Waals surface area contributed by atoms with Crippen molar-refractivity contribution in [3.05, 3.63) is 57.1 Å². The molecule has 0 unspecified atom stereocenters. The van der Waals surface area contributed by atoms with Gasteiger partial charge in [0.2, 0.25) is 5.91 Å². The minimum atomic E-state index is -0.258. The van der Waals surface area contributed by atoms with Gasteiger partial charge in [-0.3, -0.25) is 4.79 Å². The molecule has 0 radical (unpaired) electrons. The Hall–Kier alpha value is -1.66. The third-order valence-electron chi connectivity index (χ3n) is 2.58. The van der Waals surface area contributed by atoms with E-state index in [2.05, 4.69) is 42.2 Å². The van der Waals surface area contributed by atoms with E-state index in [0.717, 1.165) is 14.5 Å². The van der Waals surface area contributed by atoms with Crippen molar-refractivity contribution in [2.24, 2.45) is 0 Å². The summed E-state index contributed by atoms with van der Waals surface area (Å²) >= 11 is 6.68. The highest BCUT2D eigenvalue weighted by Gasteiger charge is 2.02. The quantitative estimate of drug-likeness (QED) is 0.764. The molecular weight excluding hydrogens is 400 g/mol. The number of rotatable bonds is 4. The number of carbonyl (C=O) groups is 1. The van der Waals surface area contributed by atoms with Crippen LogP contribution in [0.1, 0.15) is 5.56 Å². The van der Waals surface area contributed by atoms with Crippen LogP contribution in [-0.2, 0) is 4.79 Å². The number of methoxy groups -OCH3 is 1. The van der Waals surface area contributed by atoms with Gasteiger partial charge in [-0.25, -0.2) is 4.98 Å². The van der Waals surface area contributed by atoms with Gasteiger partial charge in [0.1, 0.15) is 11.6 Å². The zero-order valence-corrected chi connectivity index (χ0v) is 14.3. The average molecular weight is 412 g/mol. The second-order valence-electron chi connectivity index (χ2n) is 4.07. The fraction of sp³-hybridized carbons (Fsp3) is 0.0667. The molecule has 21 heavy (non-hydrogen) atoms. The molecule has 0 atom stereocenters. The number of benzene rings is 1. The minimum absolute atomic E-state index is 0.258. The van der Waals surface area contributed by atoms with Gasteiger partial charge in [0.15, 0.2) is 0 Å². The lowest BCUT2D eigenvalue weighted by atomic mass is 10.2. The Morgan fingerprint density at radius 1 is 1.24 bits per heavy atom. The molecule has 0 saturated carbocycles. The van der Waals surface area contributed by atoms with Crippen LogP contribution in [0.2, 0.25) is 0 Å². The van der Waals surface area contributed by atoms with Gasteiger partial charge in [-0.2, -0.15) is 0 Å². The third kappa shape index (κ3) is 4.68. The first-order valence-corrected chi connectivity index (χ1v) is 7.61. The number of nitrogens with zero attached hydrogens (tertiary/aromatic N) is 1. The molecule has 1 aromatic carbocycles. The number of hydrogen-bond donors (Lipinski definition) is 1. The van der Waals surface area contributed by atoms with Crippen LogP contribution in [0.25, 0.3) is 6.08 Å². The third-order valence-corrected chi connectivity index (χ3v) is 3.55. The van der Waals surface area contributed by atoms with Crippen molar-refractivity contribution in [2.45, 2.75) is 0 Å². The molecule has 4 nitrogen and oxygen atoms in total. The number of hydrogen-bond acceptors (Lipinski definition) is 3. The molecule has 0 aliphatic rings. The zero-order valence-electron chi connectivity index (χ0n) is 11.1. The lowest BCUT2D eigenvalue weighted by Gasteiger charge is -2.05. The van der Waals surface area contributed by atoms with Gasteiger partial charge in [-0.05, 0) is 52.3 Å². The summed E-state index contributed by atoms with van der Waals surface area (Å²) in [6.45, 7) is 0. The molecule has 0 aliphatic heterocycles. The second-order valence-corrected chi connectivity index (χ2v) is 5.90. The van der Waals surface area contributed by atoms with Gasteiger partial charge >= 0.3 is 0 Å². The first-order valence-electron chi connectivity index (χ1n) is 6.02. The topological polar surface area (TPSA) is 51.2 Å². The van der Waals surface area contributed by atoms with E-state index in [0.29, 0.717) is 11.6 Å². The van der Waals surface area contributed by atoms with E-state index in [1.165, 1.54) is 6.08 Å². The van der Waals surface area contributed by atoms with Crippen LogP contribution in [-0.4, -0.2) is 18.0 Å². The second kappa shape index (κ2) is 7.38. The van der Waals surface area contributed by atoms with Crippen LogP contribution in [0, 0.1) is 0 Å². The zero-order chi connectivity index (χ0) is 15.2. The number of carbonyl (C=O) groups excluding carboxylic acids is 1. The van der Waals surface area contributed by atoms with Crippen molar-refractivity contribution >= 4 is 49.7 Å². The Bertz CT molecular complexity index is 670. The Balaban J connectivity index is 2.08. The highest BCUT2D eigenvalue weighted by atomic mass is 79.9. The summed E-state index contributed by atoms with van der Waals surface area (Å²) in [7, 11) is 1.59. The van der Waals surface area contributed by atoms with Crippen LogP contribution < -0.4 is 10.1 Å². The highest BCUT2D eigenvalue weighted by Crippen LogP contribution is 2.24. The molecule has 0 fully saturated rings. The summed E-state index contributed by atoms with van der Waals surface area (Å²) in [5.41, 5.74) is 0.811. The van der Waals surface area contributed by atoms with Gasteiger partial charge in [0.05, 0.1) is 7.11 Å². The standard InChI is InChI=1S/C15H12Br2N2O2/c1-21-13-5-3-11(16)8-10(13)2-7-15(20)19-14-6-4-12(17)9-18-14/h2-9H,1H3,(H,18,19,20)/b7-2+. The highest BCUT2D eigenvalue weighted by molar-refractivity contribution is 9.10. The van der Waals surface area contributed by atoms with Crippen LogP contribution in [0.3, 0.4) is 0 Å². The average Bonchev–Trinajstić information content (AvgIpc) is 2.48. The molecule has 2 aromatic rings. The van der Waals surface area contributed by atoms with Crippen LogP contribution >= 0.6 is 31.9 Å². The lowest BCUT2D eigenvalue weighted by Crippen LogP contribution is -2.08. The molecular formula is C15H12Br2N2O2. The molecule has 108 valence electrons. The van der Waals surface area contributed by atoms with Gasteiger partial charge in [0.25, 0.3) is 0 Å². The molecule has 1 aromatic heterocycles. The summed E-state index contributed by atoms with van der Waals surface area (Å²) in [5, 5.41) is 2.68. The largest absolute Gasteiger partial charge is 0.496 e. The van der Waals surface area contributed by atoms with Crippen LogP contribution in [0.4, 0.5) is 5.82 Å². The van der Waals surface area contributed by atoms with Crippen molar-refractivity contribution < 1.29 is 9.53 Å². The molecule has 2 rings (SSSR count). The van der Waals surface area contributed by atoms with Gasteiger partial charge in [0, 0.05) is 26.8 Å². The first kappa shape index (κ1) is 15.7. The number of amides is 1. The summed E-state index contributed by atoms with van der Waals surface area (Å²) in [6.07, 6.45) is 4.75. The Morgan fingerprint density at radius 3 is 2.67 bits per heavy atom. The van der Waals surface area contributed by atoms with Gasteiger partial charge in [-0.15, -0.1) is 0 Å².